The number of halogens is 2. The summed E-state index contributed by atoms with van der Waals surface area (Å²) in [6.45, 7) is 10.1. The lowest BCUT2D eigenvalue weighted by molar-refractivity contribution is -0.123. The van der Waals surface area contributed by atoms with E-state index in [-0.39, 0.29) is 11.8 Å². The van der Waals surface area contributed by atoms with Crippen LogP contribution >= 0.6 is 23.2 Å². The Kier molecular flexibility index (Phi) is 5.90. The van der Waals surface area contributed by atoms with Crippen molar-refractivity contribution < 1.29 is 4.79 Å². The van der Waals surface area contributed by atoms with Crippen LogP contribution in [0.5, 0.6) is 0 Å². The largest absolute Gasteiger partial charge is 0.346 e. The molecule has 0 spiro atoms. The second-order valence-electron chi connectivity index (χ2n) is 5.04. The number of likely N-dealkylation sites (N-methyl/N-ethyl adjacent to an activating group) is 1. The van der Waals surface area contributed by atoms with E-state index in [2.05, 4.69) is 10.2 Å². The third-order valence-electron chi connectivity index (χ3n) is 3.75. The fraction of sp³-hybridized carbons (Fsp3) is 0.643. The summed E-state index contributed by atoms with van der Waals surface area (Å²) in [5.41, 5.74) is -0.486. The number of nitrogens with one attached hydrogen (secondary N) is 1. The van der Waals surface area contributed by atoms with Gasteiger partial charge in [-0.15, -0.1) is 0 Å². The highest BCUT2D eigenvalue weighted by Gasteiger charge is 2.35. The van der Waals surface area contributed by atoms with Crippen LogP contribution in [0.4, 0.5) is 0 Å². The van der Waals surface area contributed by atoms with E-state index in [4.69, 9.17) is 23.2 Å². The van der Waals surface area contributed by atoms with Gasteiger partial charge in [-0.05, 0) is 26.1 Å². The molecule has 1 N–H and O–H groups in total. The molecule has 0 heterocycles. The highest BCUT2D eigenvalue weighted by molar-refractivity contribution is 6.40. The fourth-order valence-electron chi connectivity index (χ4n) is 2.08. The minimum absolute atomic E-state index is 0.00480. The van der Waals surface area contributed by atoms with Crippen LogP contribution in [-0.2, 0) is 4.79 Å². The van der Waals surface area contributed by atoms with Gasteiger partial charge in [0.2, 0.25) is 5.91 Å². The van der Waals surface area contributed by atoms with E-state index in [1.165, 1.54) is 0 Å². The van der Waals surface area contributed by atoms with E-state index >= 15 is 0 Å². The first kappa shape index (κ1) is 16.5. The lowest BCUT2D eigenvalue weighted by atomic mass is 9.83. The molecule has 2 atom stereocenters. The van der Waals surface area contributed by atoms with Crippen LogP contribution in [0.15, 0.2) is 22.2 Å². The average Bonchev–Trinajstić information content (AvgIpc) is 2.38. The molecule has 3 nitrogen and oxygen atoms in total. The van der Waals surface area contributed by atoms with Gasteiger partial charge < -0.3 is 5.32 Å². The number of amides is 1. The first-order valence-corrected chi connectivity index (χ1v) is 7.37. The fourth-order valence-corrected chi connectivity index (χ4v) is 2.60. The number of carbonyl (C=O) groups excluding carboxylic acids is 1. The quantitative estimate of drug-likeness (QED) is 0.846. The van der Waals surface area contributed by atoms with Gasteiger partial charge in [0.1, 0.15) is 0 Å². The SMILES string of the molecule is CCN(CC)CC(=O)NC1(C)C=CC(Cl)=C(Cl)C1C. The Morgan fingerprint density at radius 3 is 2.53 bits per heavy atom. The Hall–Kier alpha value is -0.510. The molecule has 0 aliphatic heterocycles. The molecule has 19 heavy (non-hydrogen) atoms. The van der Waals surface area contributed by atoms with Crippen LogP contribution in [0, 0.1) is 5.92 Å². The molecule has 0 saturated carbocycles. The molecule has 2 unspecified atom stereocenters. The maximum absolute atomic E-state index is 12.1. The van der Waals surface area contributed by atoms with E-state index in [0.29, 0.717) is 16.6 Å². The highest BCUT2D eigenvalue weighted by atomic mass is 35.5. The lowest BCUT2D eigenvalue weighted by Crippen LogP contribution is -2.53. The number of hydrogen-bond donors (Lipinski definition) is 1. The second-order valence-corrected chi connectivity index (χ2v) is 5.86. The van der Waals surface area contributed by atoms with E-state index in [0.717, 1.165) is 13.1 Å². The smallest absolute Gasteiger partial charge is 0.234 e. The summed E-state index contributed by atoms with van der Waals surface area (Å²) >= 11 is 12.2. The molecule has 1 amide bonds. The van der Waals surface area contributed by atoms with Crippen LogP contribution in [0.1, 0.15) is 27.7 Å². The Morgan fingerprint density at radius 2 is 2.00 bits per heavy atom. The predicted octanol–water partition coefficient (Wildman–Crippen LogP) is 3.10. The van der Waals surface area contributed by atoms with Crippen LogP contribution in [-0.4, -0.2) is 36.0 Å². The van der Waals surface area contributed by atoms with Crippen molar-refractivity contribution in [3.8, 4) is 0 Å². The van der Waals surface area contributed by atoms with Gasteiger partial charge in [-0.2, -0.15) is 0 Å². The Bertz CT molecular complexity index is 402. The van der Waals surface area contributed by atoms with Crippen molar-refractivity contribution in [3.05, 3.63) is 22.2 Å². The first-order valence-electron chi connectivity index (χ1n) is 6.61. The molecule has 0 aromatic carbocycles. The molecular weight excluding hydrogens is 283 g/mol. The predicted molar refractivity (Wildman–Crippen MR) is 81.4 cm³/mol. The topological polar surface area (TPSA) is 32.3 Å². The average molecular weight is 305 g/mol. The third kappa shape index (κ3) is 3.98. The van der Waals surface area contributed by atoms with Crippen molar-refractivity contribution in [1.29, 1.82) is 0 Å². The van der Waals surface area contributed by atoms with Gasteiger partial charge in [-0.3, -0.25) is 9.69 Å². The standard InChI is InChI=1S/C14H22Cl2N2O/c1-5-18(6-2)9-12(19)17-14(4)8-7-11(15)13(16)10(14)3/h7-8,10H,5-6,9H2,1-4H3,(H,17,19). The summed E-state index contributed by atoms with van der Waals surface area (Å²) in [7, 11) is 0. The van der Waals surface area contributed by atoms with Crippen LogP contribution in [0.3, 0.4) is 0 Å². The maximum Gasteiger partial charge on any atom is 0.234 e. The minimum Gasteiger partial charge on any atom is -0.346 e. The zero-order chi connectivity index (χ0) is 14.6. The van der Waals surface area contributed by atoms with Gasteiger partial charge in [-0.25, -0.2) is 0 Å². The number of hydrogen-bond acceptors (Lipinski definition) is 2. The van der Waals surface area contributed by atoms with Crippen molar-refractivity contribution in [3.63, 3.8) is 0 Å². The summed E-state index contributed by atoms with van der Waals surface area (Å²) in [5.74, 6) is -0.0301. The number of carbonyl (C=O) groups is 1. The zero-order valence-electron chi connectivity index (χ0n) is 12.0. The molecule has 0 fully saturated rings. The number of rotatable bonds is 5. The van der Waals surface area contributed by atoms with E-state index < -0.39 is 5.54 Å². The van der Waals surface area contributed by atoms with Crippen molar-refractivity contribution in [2.45, 2.75) is 33.2 Å². The second kappa shape index (κ2) is 6.78. The molecule has 1 aliphatic rings. The van der Waals surface area contributed by atoms with E-state index in [1.54, 1.807) is 6.08 Å². The lowest BCUT2D eigenvalue weighted by Gasteiger charge is -2.37. The Labute approximate surface area is 125 Å². The summed E-state index contributed by atoms with van der Waals surface area (Å²) in [6, 6.07) is 0. The van der Waals surface area contributed by atoms with Gasteiger partial charge in [0.05, 0.1) is 17.1 Å². The zero-order valence-corrected chi connectivity index (χ0v) is 13.5. The highest BCUT2D eigenvalue weighted by Crippen LogP contribution is 2.36. The normalized spacial score (nSPS) is 27.0. The molecule has 0 bridgehead atoms. The van der Waals surface area contributed by atoms with Gasteiger partial charge in [0.15, 0.2) is 0 Å². The molecule has 0 saturated heterocycles. The van der Waals surface area contributed by atoms with Crippen molar-refractivity contribution in [2.75, 3.05) is 19.6 Å². The molecule has 1 rings (SSSR count). The molecule has 0 radical (unpaired) electrons. The minimum atomic E-state index is -0.486. The van der Waals surface area contributed by atoms with Crippen LogP contribution < -0.4 is 5.32 Å². The van der Waals surface area contributed by atoms with Gasteiger partial charge in [-0.1, -0.05) is 50.0 Å². The number of allylic oxidation sites excluding steroid dienone is 2. The Balaban J connectivity index is 2.71. The first-order chi connectivity index (χ1) is 8.84. The van der Waals surface area contributed by atoms with E-state index in [9.17, 15) is 4.79 Å². The van der Waals surface area contributed by atoms with Gasteiger partial charge in [0, 0.05) is 11.0 Å². The van der Waals surface area contributed by atoms with Gasteiger partial charge in [0.25, 0.3) is 0 Å². The van der Waals surface area contributed by atoms with Crippen molar-refractivity contribution >= 4 is 29.1 Å². The maximum atomic E-state index is 12.1. The van der Waals surface area contributed by atoms with Gasteiger partial charge >= 0.3 is 0 Å². The van der Waals surface area contributed by atoms with Crippen molar-refractivity contribution in [1.82, 2.24) is 10.2 Å². The van der Waals surface area contributed by atoms with E-state index in [1.807, 2.05) is 33.8 Å². The molecule has 1 aliphatic carbocycles. The summed E-state index contributed by atoms with van der Waals surface area (Å²) in [4.78, 5) is 14.2. The Morgan fingerprint density at radius 1 is 1.42 bits per heavy atom. The monoisotopic (exact) mass is 304 g/mol. The molecule has 5 heteroatoms. The molecule has 0 aromatic rings. The third-order valence-corrected chi connectivity index (χ3v) is 4.71. The van der Waals surface area contributed by atoms with Crippen LogP contribution in [0.2, 0.25) is 0 Å². The molecular formula is C14H22Cl2N2O. The molecule has 0 aromatic heterocycles. The summed E-state index contributed by atoms with van der Waals surface area (Å²) in [6.07, 6.45) is 3.66. The van der Waals surface area contributed by atoms with Crippen LogP contribution in [0.25, 0.3) is 0 Å². The summed E-state index contributed by atoms with van der Waals surface area (Å²) < 4.78 is 0. The summed E-state index contributed by atoms with van der Waals surface area (Å²) in [5, 5.41) is 4.19. The number of nitrogens with zero attached hydrogens (tertiary/aromatic N) is 1. The van der Waals surface area contributed by atoms with Crippen molar-refractivity contribution in [2.24, 2.45) is 5.92 Å². The molecule has 108 valence electrons.